The number of fused-ring (bicyclic) bond motifs is 1. The number of nitrogens with zero attached hydrogens (tertiary/aromatic N) is 1. The Morgan fingerprint density at radius 1 is 0.769 bits per heavy atom. The average molecular weight is 517 g/mol. The highest BCUT2D eigenvalue weighted by Crippen LogP contribution is 2.23. The Morgan fingerprint density at radius 2 is 1.46 bits per heavy atom. The Balaban J connectivity index is 1.25. The van der Waals surface area contributed by atoms with Crippen molar-refractivity contribution < 1.29 is 19.4 Å². The van der Waals surface area contributed by atoms with Gasteiger partial charge in [0.15, 0.2) is 0 Å². The molecule has 1 aromatic heterocycles. The minimum absolute atomic E-state index is 0.193. The van der Waals surface area contributed by atoms with Crippen LogP contribution in [0.15, 0.2) is 115 Å². The summed E-state index contributed by atoms with van der Waals surface area (Å²) >= 11 is 0. The largest absolute Gasteiger partial charge is 0.489 e. The molecule has 0 aliphatic heterocycles. The monoisotopic (exact) mass is 516 g/mol. The van der Waals surface area contributed by atoms with Crippen LogP contribution in [0.1, 0.15) is 28.0 Å². The maximum Gasteiger partial charge on any atom is 0.305 e. The van der Waals surface area contributed by atoms with Crippen LogP contribution >= 0.6 is 0 Å². The second-order valence-electron chi connectivity index (χ2n) is 9.39. The minimum Gasteiger partial charge on any atom is -0.489 e. The smallest absolute Gasteiger partial charge is 0.305 e. The molecular weight excluding hydrogens is 488 g/mol. The van der Waals surface area contributed by atoms with Gasteiger partial charge in [-0.05, 0) is 52.3 Å². The van der Waals surface area contributed by atoms with Crippen LogP contribution in [0.4, 0.5) is 0 Å². The van der Waals surface area contributed by atoms with Gasteiger partial charge < -0.3 is 15.2 Å². The fourth-order valence-corrected chi connectivity index (χ4v) is 4.47. The molecular formula is C33H28N2O4. The number of rotatable bonds is 10. The molecule has 194 valence electrons. The number of carboxylic acids is 1. The number of carbonyl (C=O) groups is 2. The zero-order valence-electron chi connectivity index (χ0n) is 21.3. The van der Waals surface area contributed by atoms with Crippen molar-refractivity contribution in [2.45, 2.75) is 25.5 Å². The van der Waals surface area contributed by atoms with E-state index >= 15 is 0 Å². The summed E-state index contributed by atoms with van der Waals surface area (Å²) < 4.78 is 5.89. The molecule has 1 amide bonds. The number of pyridine rings is 1. The Labute approximate surface area is 226 Å². The Bertz CT molecular complexity index is 1570. The Hall–Kier alpha value is -4.97. The molecule has 6 heteroatoms. The number of hydrogen-bond acceptors (Lipinski definition) is 4. The molecule has 0 saturated heterocycles. The van der Waals surface area contributed by atoms with Crippen molar-refractivity contribution in [3.8, 4) is 16.9 Å². The number of carboxylic acid groups (broad SMARTS) is 1. The quantitative estimate of drug-likeness (QED) is 0.228. The number of ether oxygens (including phenoxy) is 1. The second-order valence-corrected chi connectivity index (χ2v) is 9.39. The SMILES string of the molecule is O=C(O)C[C@H](Cc1ccc(-c2ccccc2)cc1)NC(=O)c1cc2ccc(OCc3ccccc3)cc2cn1. The van der Waals surface area contributed by atoms with E-state index in [0.29, 0.717) is 18.8 Å². The van der Waals surface area contributed by atoms with Crippen LogP contribution in [0, 0.1) is 0 Å². The fraction of sp³-hybridized carbons (Fsp3) is 0.121. The molecule has 0 radical (unpaired) electrons. The van der Waals surface area contributed by atoms with E-state index in [1.807, 2.05) is 103 Å². The summed E-state index contributed by atoms with van der Waals surface area (Å²) in [6.07, 6.45) is 1.83. The van der Waals surface area contributed by atoms with Crippen LogP contribution in [0.25, 0.3) is 21.9 Å². The molecule has 0 spiro atoms. The van der Waals surface area contributed by atoms with Gasteiger partial charge in [0.05, 0.1) is 6.42 Å². The summed E-state index contributed by atoms with van der Waals surface area (Å²) in [5, 5.41) is 14.0. The molecule has 5 aromatic rings. The van der Waals surface area contributed by atoms with Crippen molar-refractivity contribution in [3.63, 3.8) is 0 Å². The van der Waals surface area contributed by atoms with Gasteiger partial charge in [-0.1, -0.05) is 91.0 Å². The Kier molecular flexibility index (Phi) is 7.93. The molecule has 0 saturated carbocycles. The second kappa shape index (κ2) is 12.0. The number of benzene rings is 4. The van der Waals surface area contributed by atoms with Gasteiger partial charge in [-0.2, -0.15) is 0 Å². The molecule has 1 heterocycles. The van der Waals surface area contributed by atoms with Gasteiger partial charge in [-0.3, -0.25) is 14.6 Å². The highest BCUT2D eigenvalue weighted by molar-refractivity contribution is 5.97. The van der Waals surface area contributed by atoms with E-state index in [1.54, 1.807) is 12.3 Å². The third kappa shape index (κ3) is 6.87. The zero-order chi connectivity index (χ0) is 27.0. The van der Waals surface area contributed by atoms with E-state index in [0.717, 1.165) is 33.0 Å². The van der Waals surface area contributed by atoms with Crippen LogP contribution in [-0.4, -0.2) is 28.0 Å². The lowest BCUT2D eigenvalue weighted by Gasteiger charge is -2.17. The van der Waals surface area contributed by atoms with Crippen LogP contribution in [0.5, 0.6) is 5.75 Å². The first-order valence-electron chi connectivity index (χ1n) is 12.8. The van der Waals surface area contributed by atoms with Crippen molar-refractivity contribution >= 4 is 22.6 Å². The molecule has 6 nitrogen and oxygen atoms in total. The topological polar surface area (TPSA) is 88.5 Å². The maximum atomic E-state index is 13.0. The standard InChI is InChI=1S/C33H28N2O4/c36-32(37)20-29(17-23-11-13-26(14-12-23)25-9-5-2-6-10-25)35-33(38)31-19-27-15-16-30(18-28(27)21-34-31)39-22-24-7-3-1-4-8-24/h1-16,18-19,21,29H,17,20,22H2,(H,35,38)(H,36,37)/t29-/m0/s1. The first-order valence-corrected chi connectivity index (χ1v) is 12.8. The van der Waals surface area contributed by atoms with Crippen molar-refractivity contribution in [3.05, 3.63) is 132 Å². The highest BCUT2D eigenvalue weighted by atomic mass is 16.5. The molecule has 0 aliphatic rings. The average Bonchev–Trinajstić information content (AvgIpc) is 2.96. The molecule has 1 atom stereocenters. The number of nitrogens with one attached hydrogen (secondary N) is 1. The normalized spacial score (nSPS) is 11.6. The third-order valence-electron chi connectivity index (χ3n) is 6.47. The van der Waals surface area contributed by atoms with E-state index < -0.39 is 17.9 Å². The van der Waals surface area contributed by atoms with Crippen LogP contribution in [-0.2, 0) is 17.8 Å². The van der Waals surface area contributed by atoms with E-state index in [2.05, 4.69) is 10.3 Å². The fourth-order valence-electron chi connectivity index (χ4n) is 4.47. The van der Waals surface area contributed by atoms with Crippen molar-refractivity contribution in [1.82, 2.24) is 10.3 Å². The number of aromatic nitrogens is 1. The molecule has 4 aromatic carbocycles. The predicted molar refractivity (Wildman–Crippen MR) is 152 cm³/mol. The lowest BCUT2D eigenvalue weighted by molar-refractivity contribution is -0.137. The van der Waals surface area contributed by atoms with Crippen LogP contribution in [0.2, 0.25) is 0 Å². The summed E-state index contributed by atoms with van der Waals surface area (Å²) in [6.45, 7) is 0.459. The van der Waals surface area contributed by atoms with Gasteiger partial charge >= 0.3 is 5.97 Å². The molecule has 2 N–H and O–H groups in total. The first kappa shape index (κ1) is 25.7. The number of hydrogen-bond donors (Lipinski definition) is 2. The summed E-state index contributed by atoms with van der Waals surface area (Å²) in [5.74, 6) is -0.672. The molecule has 0 bridgehead atoms. The third-order valence-corrected chi connectivity index (χ3v) is 6.47. The number of amides is 1. The van der Waals surface area contributed by atoms with Gasteiger partial charge in [-0.25, -0.2) is 0 Å². The van der Waals surface area contributed by atoms with Gasteiger partial charge in [0, 0.05) is 17.6 Å². The molecule has 0 aliphatic carbocycles. The van der Waals surface area contributed by atoms with Crippen LogP contribution in [0.3, 0.4) is 0 Å². The zero-order valence-corrected chi connectivity index (χ0v) is 21.3. The minimum atomic E-state index is -0.976. The molecule has 0 fully saturated rings. The number of carbonyl (C=O) groups excluding carboxylic acids is 1. The van der Waals surface area contributed by atoms with Gasteiger partial charge in [0.2, 0.25) is 0 Å². The van der Waals surface area contributed by atoms with Crippen molar-refractivity contribution in [2.75, 3.05) is 0 Å². The van der Waals surface area contributed by atoms with E-state index in [-0.39, 0.29) is 12.1 Å². The van der Waals surface area contributed by atoms with Crippen molar-refractivity contribution in [2.24, 2.45) is 0 Å². The van der Waals surface area contributed by atoms with E-state index in [1.165, 1.54) is 0 Å². The lowest BCUT2D eigenvalue weighted by Crippen LogP contribution is -2.38. The molecule has 5 rings (SSSR count). The lowest BCUT2D eigenvalue weighted by atomic mass is 9.99. The van der Waals surface area contributed by atoms with Crippen LogP contribution < -0.4 is 10.1 Å². The van der Waals surface area contributed by atoms with E-state index in [9.17, 15) is 14.7 Å². The van der Waals surface area contributed by atoms with Gasteiger partial charge in [0.1, 0.15) is 18.1 Å². The summed E-state index contributed by atoms with van der Waals surface area (Å²) in [4.78, 5) is 28.9. The molecule has 39 heavy (non-hydrogen) atoms. The van der Waals surface area contributed by atoms with Gasteiger partial charge in [-0.15, -0.1) is 0 Å². The Morgan fingerprint density at radius 3 is 2.18 bits per heavy atom. The first-order chi connectivity index (χ1) is 19.0. The highest BCUT2D eigenvalue weighted by Gasteiger charge is 2.19. The molecule has 0 unspecified atom stereocenters. The van der Waals surface area contributed by atoms with Gasteiger partial charge in [0.25, 0.3) is 5.91 Å². The maximum absolute atomic E-state index is 13.0. The predicted octanol–water partition coefficient (Wildman–Crippen LogP) is 6.30. The summed E-state index contributed by atoms with van der Waals surface area (Å²) in [7, 11) is 0. The van der Waals surface area contributed by atoms with Crippen molar-refractivity contribution in [1.29, 1.82) is 0 Å². The van der Waals surface area contributed by atoms with E-state index in [4.69, 9.17) is 4.74 Å². The summed E-state index contributed by atoms with van der Waals surface area (Å²) in [5.41, 5.74) is 4.43. The summed E-state index contributed by atoms with van der Waals surface area (Å²) in [6, 6.07) is 34.7. The number of aliphatic carboxylic acids is 1.